The van der Waals surface area contributed by atoms with Gasteiger partial charge in [-0.3, -0.25) is 0 Å². The Morgan fingerprint density at radius 1 is 1.33 bits per heavy atom. The lowest BCUT2D eigenvalue weighted by molar-refractivity contribution is -0.803. The molecule has 64 valence electrons. The molecule has 0 aliphatic carbocycles. The molecule has 0 aromatic heterocycles. The Bertz CT molecular complexity index is 243. The summed E-state index contributed by atoms with van der Waals surface area (Å²) < 4.78 is 0. The molecule has 0 aliphatic heterocycles. The first-order valence-electron chi connectivity index (χ1n) is 3.97. The highest BCUT2D eigenvalue weighted by Crippen LogP contribution is 1.97. The average Bonchev–Trinajstić information content (AvgIpc) is 2.15. The standard InChI is InChI=1S/C10H12ClN/c1-12(9-5-8-11)10-6-3-2-4-7-10/h2-8H,9H2,1H3/p+1/b8-5+. The van der Waals surface area contributed by atoms with E-state index in [1.54, 1.807) is 5.54 Å². The molecule has 1 rings (SSSR count). The van der Waals surface area contributed by atoms with Crippen LogP contribution in [0.2, 0.25) is 0 Å². The van der Waals surface area contributed by atoms with Crippen LogP contribution in [-0.2, 0) is 0 Å². The van der Waals surface area contributed by atoms with Crippen LogP contribution >= 0.6 is 11.6 Å². The molecule has 2 heteroatoms. The molecule has 1 aromatic carbocycles. The van der Waals surface area contributed by atoms with Gasteiger partial charge in [0.1, 0.15) is 12.2 Å². The number of para-hydroxylation sites is 1. The van der Waals surface area contributed by atoms with Gasteiger partial charge >= 0.3 is 0 Å². The smallest absolute Gasteiger partial charge is 0.131 e. The first-order valence-corrected chi connectivity index (χ1v) is 4.41. The molecule has 0 amide bonds. The summed E-state index contributed by atoms with van der Waals surface area (Å²) in [4.78, 5) is 1.34. The van der Waals surface area contributed by atoms with Crippen LogP contribution in [0.3, 0.4) is 0 Å². The number of hydrogen-bond donors (Lipinski definition) is 1. The Balaban J connectivity index is 2.59. The highest BCUT2D eigenvalue weighted by Gasteiger charge is 2.00. The molecule has 12 heavy (non-hydrogen) atoms. The van der Waals surface area contributed by atoms with Gasteiger partial charge in [-0.15, -0.1) is 0 Å². The highest BCUT2D eigenvalue weighted by molar-refractivity contribution is 6.25. The molecule has 0 bridgehead atoms. The van der Waals surface area contributed by atoms with Gasteiger partial charge in [0.2, 0.25) is 0 Å². The van der Waals surface area contributed by atoms with Crippen LogP contribution in [0.1, 0.15) is 0 Å². The Morgan fingerprint density at radius 2 is 2.00 bits per heavy atom. The van der Waals surface area contributed by atoms with Crippen molar-refractivity contribution in [3.63, 3.8) is 0 Å². The number of nitrogens with one attached hydrogen (secondary N) is 1. The molecule has 0 spiro atoms. The minimum absolute atomic E-state index is 0.924. The average molecular weight is 183 g/mol. The van der Waals surface area contributed by atoms with E-state index in [4.69, 9.17) is 11.6 Å². The van der Waals surface area contributed by atoms with Crippen molar-refractivity contribution in [3.05, 3.63) is 41.9 Å². The lowest BCUT2D eigenvalue weighted by Crippen LogP contribution is -3.03. The van der Waals surface area contributed by atoms with Gasteiger partial charge in [0.05, 0.1) is 7.05 Å². The normalized spacial score (nSPS) is 13.5. The predicted octanol–water partition coefficient (Wildman–Crippen LogP) is 1.59. The fourth-order valence-electron chi connectivity index (χ4n) is 1.06. The van der Waals surface area contributed by atoms with Crippen molar-refractivity contribution in [2.24, 2.45) is 0 Å². The number of likely N-dealkylation sites (N-methyl/N-ethyl adjacent to an activating group) is 1. The molecule has 0 fully saturated rings. The summed E-state index contributed by atoms with van der Waals surface area (Å²) in [7, 11) is 2.12. The van der Waals surface area contributed by atoms with Crippen LogP contribution in [0.25, 0.3) is 0 Å². The van der Waals surface area contributed by atoms with Gasteiger partial charge in [0.25, 0.3) is 0 Å². The van der Waals surface area contributed by atoms with Gasteiger partial charge in [-0.2, -0.15) is 0 Å². The van der Waals surface area contributed by atoms with Gasteiger partial charge in [-0.25, -0.2) is 0 Å². The number of quaternary nitrogens is 1. The van der Waals surface area contributed by atoms with Crippen molar-refractivity contribution in [2.75, 3.05) is 13.6 Å². The monoisotopic (exact) mass is 182 g/mol. The largest absolute Gasteiger partial charge is 0.302 e. The van der Waals surface area contributed by atoms with Crippen LogP contribution in [0.15, 0.2) is 41.9 Å². The predicted molar refractivity (Wildman–Crippen MR) is 52.8 cm³/mol. The maximum absolute atomic E-state index is 5.44. The lowest BCUT2D eigenvalue weighted by atomic mass is 10.3. The van der Waals surface area contributed by atoms with Gasteiger partial charge in [-0.05, 0) is 18.2 Å². The zero-order valence-corrected chi connectivity index (χ0v) is 7.88. The SMILES string of the molecule is C[NH+](C/C=C/Cl)c1ccccc1. The molecular formula is C10H13ClN+. The summed E-state index contributed by atoms with van der Waals surface area (Å²) in [6.07, 6.45) is 1.95. The van der Waals surface area contributed by atoms with Crippen LogP contribution in [0, 0.1) is 0 Å². The fourth-order valence-corrected chi connectivity index (χ4v) is 1.15. The Hall–Kier alpha value is -0.790. The molecule has 0 aliphatic rings. The van der Waals surface area contributed by atoms with Crippen molar-refractivity contribution in [1.82, 2.24) is 0 Å². The molecule has 1 atom stereocenters. The highest BCUT2D eigenvalue weighted by atomic mass is 35.5. The topological polar surface area (TPSA) is 4.44 Å². The molecule has 1 nitrogen and oxygen atoms in total. The quantitative estimate of drug-likeness (QED) is 0.724. The second-order valence-corrected chi connectivity index (χ2v) is 2.96. The minimum Gasteiger partial charge on any atom is -0.302 e. The fraction of sp³-hybridized carbons (Fsp3) is 0.200. The summed E-state index contributed by atoms with van der Waals surface area (Å²) in [5.41, 5.74) is 2.85. The Labute approximate surface area is 78.3 Å². The molecular weight excluding hydrogens is 170 g/mol. The van der Waals surface area contributed by atoms with E-state index in [1.165, 1.54) is 10.6 Å². The van der Waals surface area contributed by atoms with E-state index in [0.717, 1.165) is 6.54 Å². The maximum Gasteiger partial charge on any atom is 0.131 e. The zero-order valence-electron chi connectivity index (χ0n) is 7.13. The van der Waals surface area contributed by atoms with Gasteiger partial charge in [0.15, 0.2) is 0 Å². The first kappa shape index (κ1) is 9.30. The first-order chi connectivity index (χ1) is 5.84. The molecule has 0 heterocycles. The van der Waals surface area contributed by atoms with Gasteiger partial charge < -0.3 is 4.90 Å². The molecule has 1 N–H and O–H groups in total. The second-order valence-electron chi connectivity index (χ2n) is 2.71. The van der Waals surface area contributed by atoms with Crippen LogP contribution < -0.4 is 4.90 Å². The lowest BCUT2D eigenvalue weighted by Gasteiger charge is -2.09. The van der Waals surface area contributed by atoms with E-state index in [0.29, 0.717) is 0 Å². The Kier molecular flexibility index (Phi) is 3.85. The molecule has 0 saturated carbocycles. The molecule has 1 aromatic rings. The molecule has 0 saturated heterocycles. The summed E-state index contributed by atoms with van der Waals surface area (Å²) >= 11 is 5.44. The van der Waals surface area contributed by atoms with E-state index >= 15 is 0 Å². The molecule has 0 radical (unpaired) electrons. The maximum atomic E-state index is 5.44. The van der Waals surface area contributed by atoms with Crippen molar-refractivity contribution >= 4 is 17.3 Å². The van der Waals surface area contributed by atoms with E-state index in [1.807, 2.05) is 24.3 Å². The van der Waals surface area contributed by atoms with Crippen LogP contribution in [-0.4, -0.2) is 13.6 Å². The van der Waals surface area contributed by atoms with Crippen LogP contribution in [0.4, 0.5) is 5.69 Å². The summed E-state index contributed by atoms with van der Waals surface area (Å²) in [5, 5.41) is 0. The van der Waals surface area contributed by atoms with E-state index < -0.39 is 0 Å². The number of benzene rings is 1. The number of halogens is 1. The summed E-state index contributed by atoms with van der Waals surface area (Å²) in [5.74, 6) is 0. The third-order valence-corrected chi connectivity index (χ3v) is 1.96. The third kappa shape index (κ3) is 2.68. The number of hydrogen-bond acceptors (Lipinski definition) is 0. The van der Waals surface area contributed by atoms with Crippen molar-refractivity contribution < 1.29 is 4.90 Å². The van der Waals surface area contributed by atoms with Crippen molar-refractivity contribution in [1.29, 1.82) is 0 Å². The third-order valence-electron chi connectivity index (χ3n) is 1.78. The minimum atomic E-state index is 0.924. The second kappa shape index (κ2) is 4.96. The van der Waals surface area contributed by atoms with E-state index in [9.17, 15) is 0 Å². The summed E-state index contributed by atoms with van der Waals surface area (Å²) in [6, 6.07) is 10.3. The number of rotatable bonds is 3. The van der Waals surface area contributed by atoms with E-state index in [-0.39, 0.29) is 0 Å². The van der Waals surface area contributed by atoms with Crippen LogP contribution in [0.5, 0.6) is 0 Å². The summed E-state index contributed by atoms with van der Waals surface area (Å²) in [6.45, 7) is 0.924. The van der Waals surface area contributed by atoms with Crippen molar-refractivity contribution in [3.8, 4) is 0 Å². The van der Waals surface area contributed by atoms with E-state index in [2.05, 4.69) is 19.2 Å². The zero-order chi connectivity index (χ0) is 8.81. The Morgan fingerprint density at radius 3 is 2.58 bits per heavy atom. The molecule has 1 unspecified atom stereocenters. The van der Waals surface area contributed by atoms with Crippen molar-refractivity contribution in [2.45, 2.75) is 0 Å². The van der Waals surface area contributed by atoms with Gasteiger partial charge in [-0.1, -0.05) is 29.8 Å². The van der Waals surface area contributed by atoms with Gasteiger partial charge in [0, 0.05) is 5.54 Å².